The van der Waals surface area contributed by atoms with Crippen molar-refractivity contribution in [2.45, 2.75) is 32.2 Å². The minimum absolute atomic E-state index is 0.0465. The highest BCUT2D eigenvalue weighted by molar-refractivity contribution is 6.31. The van der Waals surface area contributed by atoms with E-state index in [1.54, 1.807) is 0 Å². The second kappa shape index (κ2) is 7.57. The van der Waals surface area contributed by atoms with E-state index in [4.69, 9.17) is 23.2 Å². The number of hydrogen-bond donors (Lipinski definition) is 1. The van der Waals surface area contributed by atoms with Gasteiger partial charge in [-0.2, -0.15) is 0 Å². The van der Waals surface area contributed by atoms with Gasteiger partial charge < -0.3 is 5.32 Å². The molecule has 2 nitrogen and oxygen atoms in total. The molecule has 0 radical (unpaired) electrons. The summed E-state index contributed by atoms with van der Waals surface area (Å²) in [5.74, 6) is 0.567. The molecule has 0 bridgehead atoms. The quantitative estimate of drug-likeness (QED) is 0.791. The number of carbonyl (C=O) groups is 1. The van der Waals surface area contributed by atoms with E-state index < -0.39 is 0 Å². The van der Waals surface area contributed by atoms with Crippen LogP contribution in [0, 0.1) is 0 Å². The number of alkyl halides is 1. The van der Waals surface area contributed by atoms with E-state index in [2.05, 4.69) is 5.32 Å². The summed E-state index contributed by atoms with van der Waals surface area (Å²) in [7, 11) is 0. The Morgan fingerprint density at radius 1 is 1.41 bits per heavy atom. The van der Waals surface area contributed by atoms with E-state index in [0.29, 0.717) is 18.7 Å². The third kappa shape index (κ3) is 5.42. The fourth-order valence-corrected chi connectivity index (χ4v) is 1.97. The first-order chi connectivity index (χ1) is 8.13. The van der Waals surface area contributed by atoms with E-state index in [1.807, 2.05) is 31.2 Å². The molecule has 0 aromatic heterocycles. The van der Waals surface area contributed by atoms with Crippen LogP contribution in [0.25, 0.3) is 0 Å². The number of benzene rings is 1. The zero-order valence-electron chi connectivity index (χ0n) is 9.88. The predicted molar refractivity (Wildman–Crippen MR) is 72.7 cm³/mol. The Labute approximate surface area is 112 Å². The van der Waals surface area contributed by atoms with Crippen molar-refractivity contribution in [2.24, 2.45) is 0 Å². The van der Waals surface area contributed by atoms with E-state index in [1.165, 1.54) is 0 Å². The molecule has 94 valence electrons. The number of amides is 1. The van der Waals surface area contributed by atoms with E-state index in [9.17, 15) is 4.79 Å². The van der Waals surface area contributed by atoms with Crippen LogP contribution in [0.5, 0.6) is 0 Å². The number of nitrogens with one attached hydrogen (secondary N) is 1. The Balaban J connectivity index is 2.42. The summed E-state index contributed by atoms with van der Waals surface area (Å²) >= 11 is 11.6. The molecule has 1 rings (SSSR count). The summed E-state index contributed by atoms with van der Waals surface area (Å²) < 4.78 is 0. The molecule has 1 amide bonds. The van der Waals surface area contributed by atoms with Gasteiger partial charge in [-0.3, -0.25) is 4.79 Å². The summed E-state index contributed by atoms with van der Waals surface area (Å²) in [6, 6.07) is 7.76. The fraction of sp³-hybridized carbons (Fsp3) is 0.462. The first-order valence-electron chi connectivity index (χ1n) is 5.72. The van der Waals surface area contributed by atoms with Crippen molar-refractivity contribution in [1.29, 1.82) is 0 Å². The maximum Gasteiger partial charge on any atom is 0.220 e. The van der Waals surface area contributed by atoms with Crippen molar-refractivity contribution >= 4 is 29.1 Å². The van der Waals surface area contributed by atoms with Gasteiger partial charge in [-0.1, -0.05) is 29.8 Å². The molecule has 1 atom stereocenters. The van der Waals surface area contributed by atoms with E-state index in [-0.39, 0.29) is 11.9 Å². The molecule has 4 heteroatoms. The average Bonchev–Trinajstić information content (AvgIpc) is 2.29. The first kappa shape index (κ1) is 14.3. The van der Waals surface area contributed by atoms with Gasteiger partial charge in [0, 0.05) is 23.4 Å². The third-order valence-electron chi connectivity index (χ3n) is 2.43. The first-order valence-corrected chi connectivity index (χ1v) is 6.63. The van der Waals surface area contributed by atoms with Crippen LogP contribution in [-0.4, -0.2) is 17.8 Å². The molecule has 1 N–H and O–H groups in total. The lowest BCUT2D eigenvalue weighted by atomic mass is 10.1. The van der Waals surface area contributed by atoms with Gasteiger partial charge >= 0.3 is 0 Å². The summed E-state index contributed by atoms with van der Waals surface area (Å²) in [5, 5.41) is 3.68. The maximum absolute atomic E-state index is 11.5. The van der Waals surface area contributed by atoms with Crippen LogP contribution in [0.3, 0.4) is 0 Å². The predicted octanol–water partition coefficient (Wildman–Crippen LogP) is 3.41. The molecule has 0 heterocycles. The highest BCUT2D eigenvalue weighted by Gasteiger charge is 2.09. The van der Waals surface area contributed by atoms with Crippen LogP contribution in [0.2, 0.25) is 5.02 Å². The molecule has 1 unspecified atom stereocenters. The molecule has 0 aliphatic rings. The van der Waals surface area contributed by atoms with Crippen LogP contribution in [0.4, 0.5) is 0 Å². The minimum atomic E-state index is 0.0465. The lowest BCUT2D eigenvalue weighted by Gasteiger charge is -2.14. The van der Waals surface area contributed by atoms with Crippen LogP contribution in [0.1, 0.15) is 25.3 Å². The highest BCUT2D eigenvalue weighted by Crippen LogP contribution is 2.16. The maximum atomic E-state index is 11.5. The monoisotopic (exact) mass is 273 g/mol. The van der Waals surface area contributed by atoms with Crippen molar-refractivity contribution in [3.63, 3.8) is 0 Å². The molecule has 1 aromatic rings. The van der Waals surface area contributed by atoms with Gasteiger partial charge in [0.25, 0.3) is 0 Å². The van der Waals surface area contributed by atoms with Crippen molar-refractivity contribution in [3.8, 4) is 0 Å². The lowest BCUT2D eigenvalue weighted by molar-refractivity contribution is -0.121. The van der Waals surface area contributed by atoms with Crippen LogP contribution >= 0.6 is 23.2 Å². The normalized spacial score (nSPS) is 12.2. The van der Waals surface area contributed by atoms with Gasteiger partial charge in [0.05, 0.1) is 0 Å². The zero-order valence-corrected chi connectivity index (χ0v) is 11.4. The standard InChI is InChI=1S/C13H17Cl2NO/c1-10(16-13(17)7-4-8-14)9-11-5-2-3-6-12(11)15/h2-3,5-6,10H,4,7-9H2,1H3,(H,16,17). The Kier molecular flexibility index (Phi) is 6.38. The molecule has 0 aliphatic heterocycles. The Morgan fingerprint density at radius 2 is 2.12 bits per heavy atom. The van der Waals surface area contributed by atoms with Gasteiger partial charge in [0.2, 0.25) is 5.91 Å². The van der Waals surface area contributed by atoms with Crippen LogP contribution < -0.4 is 5.32 Å². The Hall–Kier alpha value is -0.730. The third-order valence-corrected chi connectivity index (χ3v) is 3.06. The summed E-state index contributed by atoms with van der Waals surface area (Å²) in [4.78, 5) is 11.5. The number of carbonyl (C=O) groups excluding carboxylic acids is 1. The van der Waals surface area contributed by atoms with Gasteiger partial charge in [0.15, 0.2) is 0 Å². The lowest BCUT2D eigenvalue weighted by Crippen LogP contribution is -2.34. The number of halogens is 2. The second-order valence-electron chi connectivity index (χ2n) is 4.06. The average molecular weight is 274 g/mol. The molecular formula is C13H17Cl2NO. The van der Waals surface area contributed by atoms with Crippen molar-refractivity contribution in [1.82, 2.24) is 5.32 Å². The topological polar surface area (TPSA) is 29.1 Å². The molecule has 0 aliphatic carbocycles. The Bertz CT molecular complexity index is 368. The fourth-order valence-electron chi connectivity index (χ4n) is 1.62. The number of rotatable bonds is 6. The zero-order chi connectivity index (χ0) is 12.7. The number of hydrogen-bond acceptors (Lipinski definition) is 1. The molecule has 0 saturated heterocycles. The second-order valence-corrected chi connectivity index (χ2v) is 4.84. The summed E-state index contributed by atoms with van der Waals surface area (Å²) in [6.07, 6.45) is 1.94. The smallest absolute Gasteiger partial charge is 0.220 e. The largest absolute Gasteiger partial charge is 0.353 e. The van der Waals surface area contributed by atoms with Crippen molar-refractivity contribution < 1.29 is 4.79 Å². The van der Waals surface area contributed by atoms with E-state index in [0.717, 1.165) is 17.0 Å². The van der Waals surface area contributed by atoms with Gasteiger partial charge in [-0.15, -0.1) is 11.6 Å². The molecule has 17 heavy (non-hydrogen) atoms. The minimum Gasteiger partial charge on any atom is -0.353 e. The van der Waals surface area contributed by atoms with Crippen LogP contribution in [-0.2, 0) is 11.2 Å². The van der Waals surface area contributed by atoms with Gasteiger partial charge in [-0.05, 0) is 31.4 Å². The van der Waals surface area contributed by atoms with Gasteiger partial charge in [0.1, 0.15) is 0 Å². The molecule has 0 fully saturated rings. The highest BCUT2D eigenvalue weighted by atomic mass is 35.5. The van der Waals surface area contributed by atoms with E-state index >= 15 is 0 Å². The molecule has 1 aromatic carbocycles. The molecule has 0 spiro atoms. The van der Waals surface area contributed by atoms with Crippen LogP contribution in [0.15, 0.2) is 24.3 Å². The van der Waals surface area contributed by atoms with Gasteiger partial charge in [-0.25, -0.2) is 0 Å². The van der Waals surface area contributed by atoms with Crippen molar-refractivity contribution in [3.05, 3.63) is 34.9 Å². The Morgan fingerprint density at radius 3 is 2.76 bits per heavy atom. The summed E-state index contributed by atoms with van der Waals surface area (Å²) in [5.41, 5.74) is 1.05. The SMILES string of the molecule is CC(Cc1ccccc1Cl)NC(=O)CCCCl. The molecular weight excluding hydrogens is 257 g/mol. The summed E-state index contributed by atoms with van der Waals surface area (Å²) in [6.45, 7) is 1.97. The molecule has 0 saturated carbocycles. The van der Waals surface area contributed by atoms with Crippen molar-refractivity contribution in [2.75, 3.05) is 5.88 Å².